The van der Waals surface area contributed by atoms with Crippen molar-refractivity contribution < 1.29 is 9.50 Å². The average Bonchev–Trinajstić information content (AvgIpc) is 2.39. The Balaban J connectivity index is 2.17. The minimum Gasteiger partial charge on any atom is -0.508 e. The van der Waals surface area contributed by atoms with E-state index in [1.54, 1.807) is 24.3 Å². The van der Waals surface area contributed by atoms with Gasteiger partial charge in [-0.1, -0.05) is 12.1 Å². The average molecular weight is 242 g/mol. The number of hydrogen-bond donors (Lipinski definition) is 2. The van der Waals surface area contributed by atoms with Crippen LogP contribution in [0.1, 0.15) is 11.6 Å². The summed E-state index contributed by atoms with van der Waals surface area (Å²) in [5.41, 5.74) is 1.40. The lowest BCUT2D eigenvalue weighted by molar-refractivity contribution is 0.475. The standard InChI is InChI=1S/C14H11FN2O/c15-11-3-5-12(6-4-11)17-14(9-16)10-1-7-13(18)8-2-10/h1-8,14,17-18H. The van der Waals surface area contributed by atoms with Crippen molar-refractivity contribution in [1.82, 2.24) is 0 Å². The fourth-order valence-corrected chi connectivity index (χ4v) is 1.57. The van der Waals surface area contributed by atoms with E-state index >= 15 is 0 Å². The first-order chi connectivity index (χ1) is 8.69. The first-order valence-corrected chi connectivity index (χ1v) is 5.39. The van der Waals surface area contributed by atoms with Gasteiger partial charge in [0.1, 0.15) is 17.6 Å². The molecule has 0 radical (unpaired) electrons. The predicted octanol–water partition coefficient (Wildman–Crippen LogP) is 3.21. The molecule has 2 N–H and O–H groups in total. The van der Waals surface area contributed by atoms with Crippen molar-refractivity contribution in [3.63, 3.8) is 0 Å². The van der Waals surface area contributed by atoms with Gasteiger partial charge in [-0.05, 0) is 42.0 Å². The lowest BCUT2D eigenvalue weighted by Crippen LogP contribution is -2.08. The fraction of sp³-hybridized carbons (Fsp3) is 0.0714. The summed E-state index contributed by atoms with van der Waals surface area (Å²) >= 11 is 0. The van der Waals surface area contributed by atoms with Gasteiger partial charge in [0.15, 0.2) is 0 Å². The van der Waals surface area contributed by atoms with Crippen molar-refractivity contribution in [3.05, 3.63) is 59.9 Å². The number of anilines is 1. The number of rotatable bonds is 3. The van der Waals surface area contributed by atoms with E-state index in [0.717, 1.165) is 5.56 Å². The first kappa shape index (κ1) is 11.9. The third-order valence-electron chi connectivity index (χ3n) is 2.51. The van der Waals surface area contributed by atoms with Gasteiger partial charge in [0.2, 0.25) is 0 Å². The second-order valence-corrected chi connectivity index (χ2v) is 3.80. The number of nitrogens with one attached hydrogen (secondary N) is 1. The number of benzene rings is 2. The lowest BCUT2D eigenvalue weighted by Gasteiger charge is -2.13. The number of halogens is 1. The molecule has 0 spiro atoms. The normalized spacial score (nSPS) is 11.6. The van der Waals surface area contributed by atoms with Crippen LogP contribution < -0.4 is 5.32 Å². The number of aromatic hydroxyl groups is 1. The van der Waals surface area contributed by atoms with Gasteiger partial charge in [0.25, 0.3) is 0 Å². The van der Waals surface area contributed by atoms with Gasteiger partial charge in [-0.2, -0.15) is 5.26 Å². The summed E-state index contributed by atoms with van der Waals surface area (Å²) in [5.74, 6) is -0.170. The lowest BCUT2D eigenvalue weighted by atomic mass is 10.1. The molecule has 18 heavy (non-hydrogen) atoms. The molecular weight excluding hydrogens is 231 g/mol. The Bertz CT molecular complexity index is 558. The molecule has 2 aromatic carbocycles. The van der Waals surface area contributed by atoms with E-state index in [0.29, 0.717) is 5.69 Å². The topological polar surface area (TPSA) is 56.0 Å². The zero-order valence-corrected chi connectivity index (χ0v) is 9.47. The van der Waals surface area contributed by atoms with Gasteiger partial charge >= 0.3 is 0 Å². The van der Waals surface area contributed by atoms with Crippen molar-refractivity contribution >= 4 is 5.69 Å². The van der Waals surface area contributed by atoms with E-state index in [1.165, 1.54) is 24.3 Å². The maximum atomic E-state index is 12.8. The molecule has 3 nitrogen and oxygen atoms in total. The number of phenolic OH excluding ortho intramolecular Hbond substituents is 1. The quantitative estimate of drug-likeness (QED) is 0.868. The molecule has 4 heteroatoms. The van der Waals surface area contributed by atoms with Crippen molar-refractivity contribution in [2.45, 2.75) is 6.04 Å². The van der Waals surface area contributed by atoms with Crippen LogP contribution in [-0.2, 0) is 0 Å². The van der Waals surface area contributed by atoms with Crippen LogP contribution in [0.3, 0.4) is 0 Å². The highest BCUT2D eigenvalue weighted by Crippen LogP contribution is 2.21. The molecule has 0 fully saturated rings. The third-order valence-corrected chi connectivity index (χ3v) is 2.51. The Labute approximate surface area is 104 Å². The highest BCUT2D eigenvalue weighted by atomic mass is 19.1. The van der Waals surface area contributed by atoms with Crippen LogP contribution in [0, 0.1) is 17.1 Å². The molecule has 0 bridgehead atoms. The van der Waals surface area contributed by atoms with Crippen LogP contribution in [0.4, 0.5) is 10.1 Å². The molecule has 0 aliphatic heterocycles. The molecule has 0 aliphatic carbocycles. The molecule has 90 valence electrons. The molecule has 1 atom stereocenters. The summed E-state index contributed by atoms with van der Waals surface area (Å²) in [6.45, 7) is 0. The Morgan fingerprint density at radius 1 is 1.06 bits per heavy atom. The highest BCUT2D eigenvalue weighted by Gasteiger charge is 2.09. The summed E-state index contributed by atoms with van der Waals surface area (Å²) in [6, 6.07) is 13.7. The summed E-state index contributed by atoms with van der Waals surface area (Å²) in [5, 5.41) is 21.3. The van der Waals surface area contributed by atoms with Crippen molar-refractivity contribution in [1.29, 1.82) is 5.26 Å². The van der Waals surface area contributed by atoms with Crippen molar-refractivity contribution in [3.8, 4) is 11.8 Å². The molecule has 0 aromatic heterocycles. The van der Waals surface area contributed by atoms with Crippen LogP contribution in [0.15, 0.2) is 48.5 Å². The first-order valence-electron chi connectivity index (χ1n) is 5.39. The number of nitrogens with zero attached hydrogens (tertiary/aromatic N) is 1. The van der Waals surface area contributed by atoms with Crippen LogP contribution >= 0.6 is 0 Å². The third kappa shape index (κ3) is 2.77. The highest BCUT2D eigenvalue weighted by molar-refractivity contribution is 5.47. The minimum atomic E-state index is -0.545. The second-order valence-electron chi connectivity index (χ2n) is 3.80. The molecule has 0 saturated heterocycles. The molecule has 1 unspecified atom stereocenters. The van der Waals surface area contributed by atoms with E-state index in [1.807, 2.05) is 0 Å². The smallest absolute Gasteiger partial charge is 0.140 e. The van der Waals surface area contributed by atoms with Crippen LogP contribution in [0.5, 0.6) is 5.75 Å². The summed E-state index contributed by atoms with van der Waals surface area (Å²) in [7, 11) is 0. The van der Waals surface area contributed by atoms with E-state index < -0.39 is 6.04 Å². The van der Waals surface area contributed by atoms with Gasteiger partial charge < -0.3 is 10.4 Å². The van der Waals surface area contributed by atoms with E-state index in [4.69, 9.17) is 5.26 Å². The number of hydrogen-bond acceptors (Lipinski definition) is 3. The Hall–Kier alpha value is -2.54. The fourth-order valence-electron chi connectivity index (χ4n) is 1.57. The minimum absolute atomic E-state index is 0.150. The molecule has 2 aromatic rings. The summed E-state index contributed by atoms with van der Waals surface area (Å²) in [4.78, 5) is 0. The maximum Gasteiger partial charge on any atom is 0.140 e. The van der Waals surface area contributed by atoms with Crippen LogP contribution in [0.2, 0.25) is 0 Å². The molecule has 0 aliphatic rings. The molecule has 0 heterocycles. The van der Waals surface area contributed by atoms with Gasteiger partial charge in [-0.25, -0.2) is 4.39 Å². The monoisotopic (exact) mass is 242 g/mol. The van der Waals surface area contributed by atoms with Gasteiger partial charge in [-0.3, -0.25) is 0 Å². The largest absolute Gasteiger partial charge is 0.508 e. The Kier molecular flexibility index (Phi) is 3.44. The number of nitriles is 1. The van der Waals surface area contributed by atoms with E-state index in [2.05, 4.69) is 11.4 Å². The maximum absolute atomic E-state index is 12.8. The van der Waals surface area contributed by atoms with Gasteiger partial charge in [-0.15, -0.1) is 0 Å². The summed E-state index contributed by atoms with van der Waals surface area (Å²) in [6.07, 6.45) is 0. The van der Waals surface area contributed by atoms with Crippen molar-refractivity contribution in [2.75, 3.05) is 5.32 Å². The number of phenols is 1. The zero-order chi connectivity index (χ0) is 13.0. The Morgan fingerprint density at radius 3 is 2.22 bits per heavy atom. The van der Waals surface area contributed by atoms with Gasteiger partial charge in [0, 0.05) is 5.69 Å². The molecule has 0 saturated carbocycles. The SMILES string of the molecule is N#CC(Nc1ccc(F)cc1)c1ccc(O)cc1. The Morgan fingerprint density at radius 2 is 1.67 bits per heavy atom. The van der Waals surface area contributed by atoms with Crippen LogP contribution in [-0.4, -0.2) is 5.11 Å². The van der Waals surface area contributed by atoms with Crippen LogP contribution in [0.25, 0.3) is 0 Å². The zero-order valence-electron chi connectivity index (χ0n) is 9.47. The van der Waals surface area contributed by atoms with Crippen molar-refractivity contribution in [2.24, 2.45) is 0 Å². The van der Waals surface area contributed by atoms with E-state index in [9.17, 15) is 9.50 Å². The molecule has 2 rings (SSSR count). The summed E-state index contributed by atoms with van der Waals surface area (Å²) < 4.78 is 12.8. The molecular formula is C14H11FN2O. The van der Waals surface area contributed by atoms with Gasteiger partial charge in [0.05, 0.1) is 6.07 Å². The predicted molar refractivity (Wildman–Crippen MR) is 66.5 cm³/mol. The second kappa shape index (κ2) is 5.19. The molecule has 0 amide bonds. The van der Waals surface area contributed by atoms with E-state index in [-0.39, 0.29) is 11.6 Å².